The fourth-order valence-electron chi connectivity index (χ4n) is 3.25. The van der Waals surface area contributed by atoms with Crippen molar-refractivity contribution in [2.75, 3.05) is 57.2 Å². The van der Waals surface area contributed by atoms with Crippen LogP contribution in [0.15, 0.2) is 48.5 Å². The van der Waals surface area contributed by atoms with Crippen LogP contribution in [0.2, 0.25) is 0 Å². The summed E-state index contributed by atoms with van der Waals surface area (Å²) < 4.78 is 10.1. The number of amides is 1. The minimum Gasteiger partial charge on any atom is -0.465 e. The van der Waals surface area contributed by atoms with Crippen molar-refractivity contribution in [2.45, 2.75) is 6.54 Å². The van der Waals surface area contributed by atoms with Crippen LogP contribution in [0.25, 0.3) is 0 Å². The number of likely N-dealkylation sites (N-methyl/N-ethyl adjacent to an activating group) is 1. The van der Waals surface area contributed by atoms with Crippen molar-refractivity contribution in [3.05, 3.63) is 59.7 Å². The first-order valence-corrected chi connectivity index (χ1v) is 9.63. The van der Waals surface area contributed by atoms with E-state index < -0.39 is 0 Å². The minimum atomic E-state index is -0.357. The highest BCUT2D eigenvalue weighted by Crippen LogP contribution is 2.19. The molecule has 0 bridgehead atoms. The van der Waals surface area contributed by atoms with E-state index in [2.05, 4.69) is 10.2 Å². The van der Waals surface area contributed by atoms with Crippen LogP contribution in [0.1, 0.15) is 15.9 Å². The number of carbonyl (C=O) groups excluding carboxylic acids is 2. The van der Waals surface area contributed by atoms with Crippen molar-refractivity contribution in [2.24, 2.45) is 0 Å². The van der Waals surface area contributed by atoms with E-state index >= 15 is 0 Å². The molecule has 1 heterocycles. The molecule has 7 nitrogen and oxygen atoms in total. The Labute approximate surface area is 171 Å². The zero-order valence-electron chi connectivity index (χ0n) is 16.9. The number of nitrogens with zero attached hydrogens (tertiary/aromatic N) is 2. The maximum absolute atomic E-state index is 12.3. The smallest absolute Gasteiger partial charge is 0.337 e. The summed E-state index contributed by atoms with van der Waals surface area (Å²) in [6.45, 7) is 4.13. The number of anilines is 2. The van der Waals surface area contributed by atoms with E-state index in [0.29, 0.717) is 12.1 Å². The van der Waals surface area contributed by atoms with Crippen LogP contribution in [0.4, 0.5) is 11.4 Å². The number of ether oxygens (including phenoxy) is 2. The average Bonchev–Trinajstić information content (AvgIpc) is 2.74. The molecule has 3 rings (SSSR count). The number of hydrogen-bond acceptors (Lipinski definition) is 6. The van der Waals surface area contributed by atoms with Gasteiger partial charge in [-0.25, -0.2) is 4.79 Å². The predicted octanol–water partition coefficient (Wildman–Crippen LogP) is 2.38. The van der Waals surface area contributed by atoms with Crippen molar-refractivity contribution in [1.29, 1.82) is 0 Å². The first-order chi connectivity index (χ1) is 14.0. The third kappa shape index (κ3) is 6.04. The van der Waals surface area contributed by atoms with Crippen molar-refractivity contribution in [1.82, 2.24) is 4.90 Å². The molecule has 1 aliphatic rings. The fraction of sp³-hybridized carbons (Fsp3) is 0.364. The first-order valence-electron chi connectivity index (χ1n) is 9.63. The van der Waals surface area contributed by atoms with Gasteiger partial charge >= 0.3 is 5.97 Å². The van der Waals surface area contributed by atoms with Gasteiger partial charge in [0.15, 0.2) is 0 Å². The largest absolute Gasteiger partial charge is 0.465 e. The summed E-state index contributed by atoms with van der Waals surface area (Å²) in [5.74, 6) is -0.429. The third-order valence-corrected chi connectivity index (χ3v) is 4.77. The Bertz CT molecular complexity index is 815. The van der Waals surface area contributed by atoms with Crippen LogP contribution >= 0.6 is 0 Å². The fourth-order valence-corrected chi connectivity index (χ4v) is 3.25. The van der Waals surface area contributed by atoms with Crippen molar-refractivity contribution in [3.8, 4) is 0 Å². The highest BCUT2D eigenvalue weighted by atomic mass is 16.5. The van der Waals surface area contributed by atoms with Crippen LogP contribution in [0, 0.1) is 0 Å². The van der Waals surface area contributed by atoms with Gasteiger partial charge in [0, 0.05) is 31.0 Å². The van der Waals surface area contributed by atoms with Crippen molar-refractivity contribution < 1.29 is 19.1 Å². The SMILES string of the molecule is COC(=O)c1ccc(CN(C)CC(=O)Nc2ccc(N3CCOCC3)cc2)cc1. The molecule has 1 N–H and O–H groups in total. The van der Waals surface area contributed by atoms with Gasteiger partial charge in [0.1, 0.15) is 0 Å². The second-order valence-corrected chi connectivity index (χ2v) is 7.06. The Morgan fingerprint density at radius 1 is 1.07 bits per heavy atom. The van der Waals surface area contributed by atoms with E-state index in [4.69, 9.17) is 9.47 Å². The number of benzene rings is 2. The Kier molecular flexibility index (Phi) is 7.21. The standard InChI is InChI=1S/C22H27N3O4/c1-24(15-17-3-5-18(6-4-17)22(27)28-2)16-21(26)23-19-7-9-20(10-8-19)25-11-13-29-14-12-25/h3-10H,11-16H2,1-2H3,(H,23,26). The van der Waals surface area contributed by atoms with E-state index in [9.17, 15) is 9.59 Å². The normalized spacial score (nSPS) is 14.0. The molecule has 0 radical (unpaired) electrons. The van der Waals surface area contributed by atoms with Gasteiger partial charge in [-0.2, -0.15) is 0 Å². The molecular weight excluding hydrogens is 370 g/mol. The summed E-state index contributed by atoms with van der Waals surface area (Å²) >= 11 is 0. The molecule has 2 aromatic rings. The van der Waals surface area contributed by atoms with Crippen molar-refractivity contribution >= 4 is 23.3 Å². The van der Waals surface area contributed by atoms with E-state index in [0.717, 1.165) is 43.2 Å². The lowest BCUT2D eigenvalue weighted by Crippen LogP contribution is -2.36. The molecule has 1 amide bonds. The van der Waals surface area contributed by atoms with Crippen LogP contribution in [-0.4, -0.2) is 63.8 Å². The van der Waals surface area contributed by atoms with E-state index in [1.54, 1.807) is 12.1 Å². The predicted molar refractivity (Wildman–Crippen MR) is 112 cm³/mol. The Balaban J connectivity index is 1.47. The second kappa shape index (κ2) is 10.0. The number of rotatable bonds is 7. The molecule has 0 atom stereocenters. The molecule has 154 valence electrons. The Morgan fingerprint density at radius 2 is 1.72 bits per heavy atom. The molecule has 0 unspecified atom stereocenters. The van der Waals surface area contributed by atoms with Gasteiger partial charge in [-0.1, -0.05) is 12.1 Å². The Morgan fingerprint density at radius 3 is 2.34 bits per heavy atom. The molecule has 0 aliphatic carbocycles. The summed E-state index contributed by atoms with van der Waals surface area (Å²) in [5, 5.41) is 2.94. The molecule has 29 heavy (non-hydrogen) atoms. The van der Waals surface area contributed by atoms with E-state index in [1.165, 1.54) is 7.11 Å². The lowest BCUT2D eigenvalue weighted by atomic mass is 10.1. The van der Waals surface area contributed by atoms with Gasteiger partial charge < -0.3 is 19.7 Å². The van der Waals surface area contributed by atoms with Crippen LogP contribution in [0.5, 0.6) is 0 Å². The van der Waals surface area contributed by atoms with Gasteiger partial charge in [-0.15, -0.1) is 0 Å². The first kappa shape index (κ1) is 20.8. The zero-order chi connectivity index (χ0) is 20.6. The minimum absolute atomic E-state index is 0.0715. The summed E-state index contributed by atoms with van der Waals surface area (Å²) in [7, 11) is 3.24. The topological polar surface area (TPSA) is 71.1 Å². The molecule has 2 aromatic carbocycles. The average molecular weight is 397 g/mol. The van der Waals surface area contributed by atoms with Gasteiger partial charge in [0.05, 0.1) is 32.4 Å². The quantitative estimate of drug-likeness (QED) is 0.724. The summed E-state index contributed by atoms with van der Waals surface area (Å²) in [5.41, 5.74) is 3.45. The molecule has 1 fully saturated rings. The lowest BCUT2D eigenvalue weighted by Gasteiger charge is -2.28. The monoisotopic (exact) mass is 397 g/mol. The summed E-state index contributed by atoms with van der Waals surface area (Å²) in [6.07, 6.45) is 0. The number of nitrogens with one attached hydrogen (secondary N) is 1. The maximum atomic E-state index is 12.3. The number of hydrogen-bond donors (Lipinski definition) is 1. The van der Waals surface area contributed by atoms with Gasteiger partial charge in [-0.05, 0) is 49.0 Å². The maximum Gasteiger partial charge on any atom is 0.337 e. The van der Waals surface area contributed by atoms with Crippen LogP contribution in [0.3, 0.4) is 0 Å². The number of methoxy groups -OCH3 is 1. The molecule has 0 saturated carbocycles. The number of esters is 1. The molecule has 1 saturated heterocycles. The third-order valence-electron chi connectivity index (χ3n) is 4.77. The molecule has 1 aliphatic heterocycles. The van der Waals surface area contributed by atoms with E-state index in [1.807, 2.05) is 48.3 Å². The lowest BCUT2D eigenvalue weighted by molar-refractivity contribution is -0.117. The highest BCUT2D eigenvalue weighted by Gasteiger charge is 2.12. The van der Waals surface area contributed by atoms with Crippen LogP contribution in [-0.2, 0) is 20.8 Å². The van der Waals surface area contributed by atoms with Crippen LogP contribution < -0.4 is 10.2 Å². The molecule has 7 heteroatoms. The molecule has 0 aromatic heterocycles. The number of carbonyl (C=O) groups is 2. The Hall–Kier alpha value is -2.90. The molecule has 0 spiro atoms. The second-order valence-electron chi connectivity index (χ2n) is 7.06. The zero-order valence-corrected chi connectivity index (χ0v) is 16.9. The van der Waals surface area contributed by atoms with E-state index in [-0.39, 0.29) is 18.4 Å². The van der Waals surface area contributed by atoms with Gasteiger partial charge in [-0.3, -0.25) is 9.69 Å². The number of morpholine rings is 1. The summed E-state index contributed by atoms with van der Waals surface area (Å²) in [6, 6.07) is 15.1. The summed E-state index contributed by atoms with van der Waals surface area (Å²) in [4.78, 5) is 28.0. The highest BCUT2D eigenvalue weighted by molar-refractivity contribution is 5.92. The van der Waals surface area contributed by atoms with Gasteiger partial charge in [0.25, 0.3) is 0 Å². The molecular formula is C22H27N3O4. The van der Waals surface area contributed by atoms with Gasteiger partial charge in [0.2, 0.25) is 5.91 Å². The van der Waals surface area contributed by atoms with Crippen molar-refractivity contribution in [3.63, 3.8) is 0 Å².